The van der Waals surface area contributed by atoms with Gasteiger partial charge in [-0.25, -0.2) is 14.6 Å². The molecule has 0 radical (unpaired) electrons. The predicted molar refractivity (Wildman–Crippen MR) is 107 cm³/mol. The third-order valence-electron chi connectivity index (χ3n) is 4.43. The zero-order valence-corrected chi connectivity index (χ0v) is 16.9. The molecule has 0 aliphatic heterocycles. The third kappa shape index (κ3) is 3.82. The largest absolute Gasteiger partial charge is 0.451 e. The maximum Gasteiger partial charge on any atom is 0.451 e. The fraction of sp³-hybridized carbons (Fsp3) is 0.105. The topological polar surface area (TPSA) is 69.6 Å². The number of fused-ring (bicyclic) bond motifs is 1. The highest BCUT2D eigenvalue weighted by atomic mass is 35.5. The lowest BCUT2D eigenvalue weighted by Gasteiger charge is -2.12. The van der Waals surface area contributed by atoms with Crippen molar-refractivity contribution in [3.63, 3.8) is 0 Å². The maximum atomic E-state index is 13.5. The summed E-state index contributed by atoms with van der Waals surface area (Å²) in [6.07, 6.45) is -10.5. The highest BCUT2D eigenvalue weighted by Gasteiger charge is 2.43. The monoisotopic (exact) mass is 491 g/mol. The Bertz CT molecular complexity index is 1310. The number of anilines is 1. The maximum absolute atomic E-state index is 13.5. The van der Waals surface area contributed by atoms with E-state index in [0.717, 1.165) is 5.56 Å². The number of aromatic nitrogens is 4. The van der Waals surface area contributed by atoms with E-state index in [1.165, 1.54) is 12.1 Å². The SMILES string of the molecule is Nc1c2c(C(F)(F)F)nc(C(F)(F)F)nc2nn1-c1c(Cl)cc(-c2ccccc2)cc1Cl. The van der Waals surface area contributed by atoms with Gasteiger partial charge in [0.2, 0.25) is 5.82 Å². The molecule has 0 aliphatic rings. The smallest absolute Gasteiger partial charge is 0.383 e. The fourth-order valence-corrected chi connectivity index (χ4v) is 3.73. The third-order valence-corrected chi connectivity index (χ3v) is 5.00. The molecule has 0 saturated heterocycles. The molecule has 0 unspecified atom stereocenters. The number of rotatable bonds is 2. The Morgan fingerprint density at radius 2 is 1.41 bits per heavy atom. The number of alkyl halides is 6. The van der Waals surface area contributed by atoms with Crippen LogP contribution in [-0.2, 0) is 12.4 Å². The highest BCUT2D eigenvalue weighted by Crippen LogP contribution is 2.41. The second-order valence-corrected chi connectivity index (χ2v) is 7.36. The first kappa shape index (κ1) is 22.2. The lowest BCUT2D eigenvalue weighted by molar-refractivity contribution is -0.151. The summed E-state index contributed by atoms with van der Waals surface area (Å²) in [4.78, 5) is 5.77. The molecule has 0 saturated carbocycles. The van der Waals surface area contributed by atoms with E-state index < -0.39 is 40.7 Å². The molecule has 0 bridgehead atoms. The minimum Gasteiger partial charge on any atom is -0.383 e. The quantitative estimate of drug-likeness (QED) is 0.329. The molecule has 0 amide bonds. The average Bonchev–Trinajstić information content (AvgIpc) is 3.02. The summed E-state index contributed by atoms with van der Waals surface area (Å²) >= 11 is 12.6. The molecule has 2 heterocycles. The van der Waals surface area contributed by atoms with Crippen LogP contribution in [0.2, 0.25) is 10.0 Å². The second-order valence-electron chi connectivity index (χ2n) is 6.54. The van der Waals surface area contributed by atoms with E-state index >= 15 is 0 Å². The van der Waals surface area contributed by atoms with Crippen LogP contribution in [0.4, 0.5) is 32.2 Å². The van der Waals surface area contributed by atoms with E-state index in [2.05, 4.69) is 15.1 Å². The zero-order chi connectivity index (χ0) is 23.4. The van der Waals surface area contributed by atoms with Gasteiger partial charge in [-0.3, -0.25) is 0 Å². The van der Waals surface area contributed by atoms with Gasteiger partial charge < -0.3 is 5.73 Å². The lowest BCUT2D eigenvalue weighted by Crippen LogP contribution is -2.17. The standard InChI is InChI=1S/C19H9Cl2F6N5/c20-10-6-9(8-4-2-1-3-5-8)7-11(21)13(10)32-15(28)12-14(18(22,23)24)29-17(19(25,26)27)30-16(12)31-32/h1-7H,28H2. The molecule has 2 aromatic heterocycles. The zero-order valence-electron chi connectivity index (χ0n) is 15.4. The summed E-state index contributed by atoms with van der Waals surface area (Å²) in [6, 6.07) is 11.9. The Balaban J connectivity index is 1.98. The summed E-state index contributed by atoms with van der Waals surface area (Å²) < 4.78 is 80.3. The number of nitrogens with zero attached hydrogens (tertiary/aromatic N) is 4. The van der Waals surface area contributed by atoms with E-state index in [1.54, 1.807) is 30.3 Å². The van der Waals surface area contributed by atoms with Crippen LogP contribution >= 0.6 is 23.2 Å². The van der Waals surface area contributed by atoms with Crippen molar-refractivity contribution in [2.45, 2.75) is 12.4 Å². The molecular formula is C19H9Cl2F6N5. The van der Waals surface area contributed by atoms with Crippen molar-refractivity contribution >= 4 is 40.1 Å². The predicted octanol–water partition coefficient (Wildman–Crippen LogP) is 6.41. The van der Waals surface area contributed by atoms with Crippen LogP contribution < -0.4 is 5.73 Å². The van der Waals surface area contributed by atoms with Crippen LogP contribution in [-0.4, -0.2) is 19.7 Å². The van der Waals surface area contributed by atoms with Crippen molar-refractivity contribution < 1.29 is 26.3 Å². The first-order chi connectivity index (χ1) is 14.9. The highest BCUT2D eigenvalue weighted by molar-refractivity contribution is 6.38. The number of nitrogens with two attached hydrogens (primary N) is 1. The van der Waals surface area contributed by atoms with Crippen LogP contribution in [0.25, 0.3) is 27.8 Å². The van der Waals surface area contributed by atoms with E-state index in [-0.39, 0.29) is 15.7 Å². The van der Waals surface area contributed by atoms with Crippen molar-refractivity contribution in [1.29, 1.82) is 0 Å². The van der Waals surface area contributed by atoms with Gasteiger partial charge in [-0.15, -0.1) is 5.10 Å². The van der Waals surface area contributed by atoms with Gasteiger partial charge in [0.15, 0.2) is 11.3 Å². The molecule has 2 N–H and O–H groups in total. The van der Waals surface area contributed by atoms with Crippen molar-refractivity contribution in [2.75, 3.05) is 5.73 Å². The van der Waals surface area contributed by atoms with Gasteiger partial charge in [0, 0.05) is 0 Å². The Morgan fingerprint density at radius 1 is 0.812 bits per heavy atom. The molecule has 0 spiro atoms. The molecule has 166 valence electrons. The number of halogens is 8. The molecule has 5 nitrogen and oxygen atoms in total. The van der Waals surface area contributed by atoms with Gasteiger partial charge in [-0.05, 0) is 23.3 Å². The minimum absolute atomic E-state index is 0.0478. The van der Waals surface area contributed by atoms with Crippen LogP contribution in [0, 0.1) is 0 Å². The summed E-state index contributed by atoms with van der Waals surface area (Å²) in [5, 5.41) is 2.73. The molecule has 32 heavy (non-hydrogen) atoms. The second kappa shape index (κ2) is 7.52. The first-order valence-electron chi connectivity index (χ1n) is 8.63. The van der Waals surface area contributed by atoms with E-state index in [1.807, 2.05) is 0 Å². The lowest BCUT2D eigenvalue weighted by atomic mass is 10.1. The summed E-state index contributed by atoms with van der Waals surface area (Å²) in [5.74, 6) is -2.67. The number of nitrogen functional groups attached to an aromatic ring is 1. The molecule has 4 aromatic rings. The van der Waals surface area contributed by atoms with Gasteiger partial charge in [-0.1, -0.05) is 53.5 Å². The van der Waals surface area contributed by atoms with Crippen molar-refractivity contribution in [1.82, 2.24) is 19.7 Å². The molecule has 13 heteroatoms. The number of hydrogen-bond acceptors (Lipinski definition) is 4. The van der Waals surface area contributed by atoms with E-state index in [0.29, 0.717) is 10.2 Å². The molecule has 4 rings (SSSR count). The average molecular weight is 492 g/mol. The Morgan fingerprint density at radius 3 is 1.94 bits per heavy atom. The van der Waals surface area contributed by atoms with E-state index in [9.17, 15) is 26.3 Å². The molecule has 0 aliphatic carbocycles. The van der Waals surface area contributed by atoms with Crippen LogP contribution in [0.3, 0.4) is 0 Å². The number of benzene rings is 2. The Kier molecular flexibility index (Phi) is 5.21. The van der Waals surface area contributed by atoms with Crippen molar-refractivity contribution in [2.24, 2.45) is 0 Å². The van der Waals surface area contributed by atoms with Gasteiger partial charge >= 0.3 is 12.4 Å². The van der Waals surface area contributed by atoms with Crippen LogP contribution in [0.1, 0.15) is 11.5 Å². The van der Waals surface area contributed by atoms with Gasteiger partial charge in [0.05, 0.1) is 15.4 Å². The summed E-state index contributed by atoms with van der Waals surface area (Å²) in [7, 11) is 0. The summed E-state index contributed by atoms with van der Waals surface area (Å²) in [5.41, 5.74) is 4.29. The van der Waals surface area contributed by atoms with E-state index in [4.69, 9.17) is 28.9 Å². The fourth-order valence-electron chi connectivity index (χ4n) is 3.08. The van der Waals surface area contributed by atoms with Crippen LogP contribution in [0.5, 0.6) is 0 Å². The first-order valence-corrected chi connectivity index (χ1v) is 9.39. The molecule has 2 aromatic carbocycles. The Labute approximate surface area is 185 Å². The van der Waals surface area contributed by atoms with Crippen LogP contribution in [0.15, 0.2) is 42.5 Å². The molecule has 0 fully saturated rings. The molecular weight excluding hydrogens is 483 g/mol. The van der Waals surface area contributed by atoms with Crippen molar-refractivity contribution in [3.8, 4) is 16.8 Å². The van der Waals surface area contributed by atoms with Gasteiger partial charge in [0.1, 0.15) is 11.5 Å². The Hall–Kier alpha value is -3.05. The molecule has 0 atom stereocenters. The van der Waals surface area contributed by atoms with Crippen molar-refractivity contribution in [3.05, 3.63) is 64.0 Å². The normalized spacial score (nSPS) is 12.5. The van der Waals surface area contributed by atoms with Gasteiger partial charge in [0.25, 0.3) is 0 Å². The summed E-state index contributed by atoms with van der Waals surface area (Å²) in [6.45, 7) is 0. The minimum atomic E-state index is -5.26. The number of hydrogen-bond donors (Lipinski definition) is 1. The van der Waals surface area contributed by atoms with Gasteiger partial charge in [-0.2, -0.15) is 26.3 Å².